The van der Waals surface area contributed by atoms with Crippen LogP contribution in [0, 0.1) is 12.8 Å². The number of carbonyl (C=O) groups is 1. The predicted molar refractivity (Wildman–Crippen MR) is 86.6 cm³/mol. The zero-order valence-electron chi connectivity index (χ0n) is 11.7. The van der Waals surface area contributed by atoms with Gasteiger partial charge in [-0.15, -0.1) is 0 Å². The van der Waals surface area contributed by atoms with E-state index in [1.165, 1.54) is 0 Å². The highest BCUT2D eigenvalue weighted by Gasteiger charge is 2.25. The van der Waals surface area contributed by atoms with E-state index in [9.17, 15) is 4.79 Å². The predicted octanol–water partition coefficient (Wildman–Crippen LogP) is 3.95. The van der Waals surface area contributed by atoms with Gasteiger partial charge in [-0.25, -0.2) is 0 Å². The van der Waals surface area contributed by atoms with Crippen molar-refractivity contribution >= 4 is 27.5 Å². The lowest BCUT2D eigenvalue weighted by atomic mass is 9.96. The molecule has 0 spiro atoms. The van der Waals surface area contributed by atoms with Crippen LogP contribution in [0.1, 0.15) is 11.1 Å². The Kier molecular flexibility index (Phi) is 3.97. The second kappa shape index (κ2) is 5.90. The molecule has 2 aromatic carbocycles. The summed E-state index contributed by atoms with van der Waals surface area (Å²) in [7, 11) is 0. The van der Waals surface area contributed by atoms with Gasteiger partial charge in [0.15, 0.2) is 0 Å². The number of hydrogen-bond donors (Lipinski definition) is 1. The van der Waals surface area contributed by atoms with E-state index in [0.717, 1.165) is 33.5 Å². The van der Waals surface area contributed by atoms with Crippen LogP contribution in [0.15, 0.2) is 46.9 Å². The number of anilines is 1. The molecular weight excluding hydrogens is 330 g/mol. The van der Waals surface area contributed by atoms with Gasteiger partial charge in [-0.3, -0.25) is 4.79 Å². The maximum Gasteiger partial charge on any atom is 0.231 e. The molecule has 1 amide bonds. The van der Waals surface area contributed by atoms with Crippen LogP contribution >= 0.6 is 15.9 Å². The Morgan fingerprint density at radius 1 is 1.29 bits per heavy atom. The Morgan fingerprint density at radius 2 is 2.10 bits per heavy atom. The van der Waals surface area contributed by atoms with Gasteiger partial charge in [-0.2, -0.15) is 0 Å². The van der Waals surface area contributed by atoms with Crippen LogP contribution in [-0.2, 0) is 11.2 Å². The third-order valence-electron chi connectivity index (χ3n) is 3.56. The molecule has 1 aliphatic heterocycles. The first-order valence-corrected chi connectivity index (χ1v) is 7.70. The zero-order valence-corrected chi connectivity index (χ0v) is 13.3. The van der Waals surface area contributed by atoms with Gasteiger partial charge in [0.25, 0.3) is 0 Å². The van der Waals surface area contributed by atoms with Crippen molar-refractivity contribution in [1.82, 2.24) is 0 Å². The molecule has 0 bridgehead atoms. The number of halogens is 1. The van der Waals surface area contributed by atoms with E-state index < -0.39 is 0 Å². The van der Waals surface area contributed by atoms with E-state index in [4.69, 9.17) is 4.74 Å². The first kappa shape index (κ1) is 14.1. The van der Waals surface area contributed by atoms with Crippen LogP contribution in [0.25, 0.3) is 0 Å². The van der Waals surface area contributed by atoms with E-state index >= 15 is 0 Å². The Hall–Kier alpha value is -1.81. The van der Waals surface area contributed by atoms with Crippen molar-refractivity contribution in [2.45, 2.75) is 13.3 Å². The Labute approximate surface area is 132 Å². The molecule has 1 N–H and O–H groups in total. The minimum Gasteiger partial charge on any atom is -0.492 e. The van der Waals surface area contributed by atoms with E-state index in [0.29, 0.717) is 6.61 Å². The second-order valence-corrected chi connectivity index (χ2v) is 6.24. The second-order valence-electron chi connectivity index (χ2n) is 5.33. The highest BCUT2D eigenvalue weighted by atomic mass is 79.9. The highest BCUT2D eigenvalue weighted by Crippen LogP contribution is 2.28. The number of rotatable bonds is 2. The van der Waals surface area contributed by atoms with Crippen LogP contribution in [0.5, 0.6) is 5.75 Å². The summed E-state index contributed by atoms with van der Waals surface area (Å²) in [6.45, 7) is 2.43. The summed E-state index contributed by atoms with van der Waals surface area (Å²) in [6, 6.07) is 13.8. The summed E-state index contributed by atoms with van der Waals surface area (Å²) in [5, 5.41) is 2.98. The molecule has 1 heterocycles. The molecular formula is C17H16BrNO2. The SMILES string of the molecule is Cc1cc(Br)cc(NC(=O)C2COc3ccccc3C2)c1. The first-order chi connectivity index (χ1) is 10.1. The third kappa shape index (κ3) is 3.27. The molecule has 21 heavy (non-hydrogen) atoms. The molecule has 108 valence electrons. The summed E-state index contributed by atoms with van der Waals surface area (Å²) in [6.07, 6.45) is 0.717. The van der Waals surface area contributed by atoms with Crippen molar-refractivity contribution in [2.75, 3.05) is 11.9 Å². The number of nitrogens with one attached hydrogen (secondary N) is 1. The first-order valence-electron chi connectivity index (χ1n) is 6.90. The number of aryl methyl sites for hydroxylation is 1. The Balaban J connectivity index is 1.72. The zero-order chi connectivity index (χ0) is 14.8. The maximum absolute atomic E-state index is 12.4. The molecule has 1 atom stereocenters. The van der Waals surface area contributed by atoms with Gasteiger partial charge in [0.1, 0.15) is 12.4 Å². The molecule has 0 saturated carbocycles. The lowest BCUT2D eigenvalue weighted by molar-refractivity contribution is -0.121. The minimum absolute atomic E-state index is 0.00185. The van der Waals surface area contributed by atoms with Gasteiger partial charge in [-0.05, 0) is 48.7 Å². The molecule has 0 aliphatic carbocycles. The molecule has 1 aliphatic rings. The molecule has 3 rings (SSSR count). The van der Waals surface area contributed by atoms with Crippen LogP contribution in [0.2, 0.25) is 0 Å². The maximum atomic E-state index is 12.4. The number of hydrogen-bond acceptors (Lipinski definition) is 2. The quantitative estimate of drug-likeness (QED) is 0.894. The van der Waals surface area contributed by atoms with Crippen molar-refractivity contribution < 1.29 is 9.53 Å². The van der Waals surface area contributed by atoms with Gasteiger partial charge in [0, 0.05) is 10.2 Å². The average molecular weight is 346 g/mol. The average Bonchev–Trinajstić information content (AvgIpc) is 2.45. The highest BCUT2D eigenvalue weighted by molar-refractivity contribution is 9.10. The molecule has 2 aromatic rings. The van der Waals surface area contributed by atoms with Crippen LogP contribution in [-0.4, -0.2) is 12.5 Å². The molecule has 0 radical (unpaired) electrons. The van der Waals surface area contributed by atoms with E-state index in [2.05, 4.69) is 21.2 Å². The van der Waals surface area contributed by atoms with Crippen molar-refractivity contribution in [2.24, 2.45) is 5.92 Å². The van der Waals surface area contributed by atoms with Gasteiger partial charge in [-0.1, -0.05) is 34.1 Å². The van der Waals surface area contributed by atoms with Crippen LogP contribution < -0.4 is 10.1 Å². The largest absolute Gasteiger partial charge is 0.492 e. The molecule has 0 fully saturated rings. The molecule has 1 unspecified atom stereocenters. The molecule has 0 saturated heterocycles. The fourth-order valence-electron chi connectivity index (χ4n) is 2.55. The fourth-order valence-corrected chi connectivity index (χ4v) is 3.16. The summed E-state index contributed by atoms with van der Waals surface area (Å²) >= 11 is 3.44. The molecule has 4 heteroatoms. The summed E-state index contributed by atoms with van der Waals surface area (Å²) in [5.74, 6) is 0.737. The van der Waals surface area contributed by atoms with E-state index in [1.54, 1.807) is 0 Å². The normalized spacial score (nSPS) is 16.8. The summed E-state index contributed by atoms with van der Waals surface area (Å²) < 4.78 is 6.63. The Bertz CT molecular complexity index is 664. The number of ether oxygens (including phenoxy) is 1. The lowest BCUT2D eigenvalue weighted by Crippen LogP contribution is -2.32. The van der Waals surface area contributed by atoms with Crippen LogP contribution in [0.3, 0.4) is 0 Å². The monoisotopic (exact) mass is 345 g/mol. The Morgan fingerprint density at radius 3 is 2.90 bits per heavy atom. The third-order valence-corrected chi connectivity index (χ3v) is 4.02. The topological polar surface area (TPSA) is 38.3 Å². The van der Waals surface area contributed by atoms with Gasteiger partial charge in [0.2, 0.25) is 5.91 Å². The van der Waals surface area contributed by atoms with E-state index in [1.807, 2.05) is 49.4 Å². The molecule has 0 aromatic heterocycles. The summed E-state index contributed by atoms with van der Waals surface area (Å²) in [4.78, 5) is 12.4. The number of para-hydroxylation sites is 1. The summed E-state index contributed by atoms with van der Waals surface area (Å²) in [5.41, 5.74) is 3.00. The smallest absolute Gasteiger partial charge is 0.231 e. The van der Waals surface area contributed by atoms with Crippen LogP contribution in [0.4, 0.5) is 5.69 Å². The van der Waals surface area contributed by atoms with Crippen molar-refractivity contribution in [3.63, 3.8) is 0 Å². The van der Waals surface area contributed by atoms with Crippen molar-refractivity contribution in [1.29, 1.82) is 0 Å². The van der Waals surface area contributed by atoms with Gasteiger partial charge >= 0.3 is 0 Å². The molecule has 3 nitrogen and oxygen atoms in total. The number of amides is 1. The number of fused-ring (bicyclic) bond motifs is 1. The van der Waals surface area contributed by atoms with Crippen molar-refractivity contribution in [3.8, 4) is 5.75 Å². The minimum atomic E-state index is -0.154. The van der Waals surface area contributed by atoms with Gasteiger partial charge < -0.3 is 10.1 Å². The standard InChI is InChI=1S/C17H16BrNO2/c1-11-6-14(18)9-15(7-11)19-17(20)13-8-12-4-2-3-5-16(12)21-10-13/h2-7,9,13H,8,10H2,1H3,(H,19,20). The number of benzene rings is 2. The van der Waals surface area contributed by atoms with Gasteiger partial charge in [0.05, 0.1) is 5.92 Å². The number of carbonyl (C=O) groups excluding carboxylic acids is 1. The van der Waals surface area contributed by atoms with E-state index in [-0.39, 0.29) is 11.8 Å². The fraction of sp³-hybridized carbons (Fsp3) is 0.235. The van der Waals surface area contributed by atoms with Crippen molar-refractivity contribution in [3.05, 3.63) is 58.1 Å². The lowest BCUT2D eigenvalue weighted by Gasteiger charge is -2.24.